The van der Waals surface area contributed by atoms with Gasteiger partial charge in [0, 0.05) is 44.4 Å². The van der Waals surface area contributed by atoms with Crippen LogP contribution in [0.1, 0.15) is 52.2 Å². The summed E-state index contributed by atoms with van der Waals surface area (Å²) in [5.74, 6) is -1.23. The lowest BCUT2D eigenvalue weighted by Gasteiger charge is -2.31. The van der Waals surface area contributed by atoms with Crippen LogP contribution in [0.5, 0.6) is 0 Å². The van der Waals surface area contributed by atoms with Crippen molar-refractivity contribution in [3.63, 3.8) is 0 Å². The summed E-state index contributed by atoms with van der Waals surface area (Å²) in [5.41, 5.74) is -1.04. The first-order valence-corrected chi connectivity index (χ1v) is 12.0. The number of nitrogens with one attached hydrogen (secondary N) is 1. The molecule has 0 unspecified atom stereocenters. The number of likely N-dealkylation sites (tertiary alicyclic amines) is 1. The van der Waals surface area contributed by atoms with Crippen LogP contribution in [0.25, 0.3) is 5.69 Å². The van der Waals surface area contributed by atoms with E-state index in [9.17, 15) is 27.6 Å². The number of carbonyl (C=O) groups is 3. The van der Waals surface area contributed by atoms with Gasteiger partial charge in [-0.3, -0.25) is 19.4 Å². The van der Waals surface area contributed by atoms with Gasteiger partial charge < -0.3 is 10.2 Å². The first-order valence-electron chi connectivity index (χ1n) is 12.0. The van der Waals surface area contributed by atoms with Crippen molar-refractivity contribution in [2.75, 3.05) is 19.6 Å². The molecule has 1 N–H and O–H groups in total. The molecule has 4 rings (SSSR count). The highest BCUT2D eigenvalue weighted by Crippen LogP contribution is 2.31. The van der Waals surface area contributed by atoms with Crippen molar-refractivity contribution in [2.45, 2.75) is 31.9 Å². The Morgan fingerprint density at radius 1 is 1.00 bits per heavy atom. The molecule has 1 aliphatic heterocycles. The van der Waals surface area contributed by atoms with Crippen molar-refractivity contribution >= 4 is 17.6 Å². The van der Waals surface area contributed by atoms with Crippen molar-refractivity contribution in [3.05, 3.63) is 77.9 Å². The van der Waals surface area contributed by atoms with Gasteiger partial charge in [0.2, 0.25) is 5.91 Å². The molecule has 0 atom stereocenters. The number of rotatable bonds is 8. The number of aromatic nitrogens is 3. The van der Waals surface area contributed by atoms with Crippen molar-refractivity contribution in [2.24, 2.45) is 5.92 Å². The van der Waals surface area contributed by atoms with E-state index in [0.29, 0.717) is 37.3 Å². The molecule has 8 nitrogen and oxygen atoms in total. The van der Waals surface area contributed by atoms with Crippen LogP contribution < -0.4 is 5.32 Å². The monoisotopic (exact) mass is 513 g/mol. The topological polar surface area (TPSA) is 97.2 Å². The standard InChI is InChI=1S/C26H26F3N5O3/c27-26(28,29)24-20(17-34(32-24)19-7-2-1-3-8-19)25(37)31-14-6-10-22(35)33-15-11-18(12-16-33)23(36)21-9-4-5-13-30-21/h1-5,7-9,13,17-18H,6,10-12,14-16H2,(H,31,37). The lowest BCUT2D eigenvalue weighted by atomic mass is 9.90. The molecule has 0 bridgehead atoms. The number of para-hydroxylation sites is 1. The summed E-state index contributed by atoms with van der Waals surface area (Å²) >= 11 is 0. The zero-order valence-corrected chi connectivity index (χ0v) is 19.9. The van der Waals surface area contributed by atoms with Crippen LogP contribution in [0, 0.1) is 5.92 Å². The fourth-order valence-corrected chi connectivity index (χ4v) is 4.27. The SMILES string of the molecule is O=C(NCCCC(=O)N1CCC(C(=O)c2ccccn2)CC1)c1cn(-c2ccccc2)nc1C(F)(F)F. The molecule has 0 aliphatic carbocycles. The van der Waals surface area contributed by atoms with E-state index in [0.717, 1.165) is 10.9 Å². The third-order valence-corrected chi connectivity index (χ3v) is 6.24. The van der Waals surface area contributed by atoms with Crippen molar-refractivity contribution in [3.8, 4) is 5.69 Å². The van der Waals surface area contributed by atoms with E-state index in [4.69, 9.17) is 0 Å². The number of benzene rings is 1. The minimum absolute atomic E-state index is 0.0239. The molecule has 3 heterocycles. The molecule has 2 aromatic heterocycles. The van der Waals surface area contributed by atoms with Crippen LogP contribution in [0.2, 0.25) is 0 Å². The molecular weight excluding hydrogens is 487 g/mol. The largest absolute Gasteiger partial charge is 0.435 e. The second-order valence-electron chi connectivity index (χ2n) is 8.76. The van der Waals surface area contributed by atoms with Crippen LogP contribution in [0.4, 0.5) is 13.2 Å². The lowest BCUT2D eigenvalue weighted by molar-refractivity contribution is -0.141. The summed E-state index contributed by atoms with van der Waals surface area (Å²) < 4.78 is 41.5. The molecular formula is C26H26F3N5O3. The number of ketones is 1. The van der Waals surface area contributed by atoms with E-state index >= 15 is 0 Å². The Hall–Kier alpha value is -4.02. The first-order chi connectivity index (χ1) is 17.7. The summed E-state index contributed by atoms with van der Waals surface area (Å²) in [6.45, 7) is 0.928. The summed E-state index contributed by atoms with van der Waals surface area (Å²) in [7, 11) is 0. The number of hydrogen-bond acceptors (Lipinski definition) is 5. The Kier molecular flexibility index (Phi) is 8.00. The quantitative estimate of drug-likeness (QED) is 0.364. The molecule has 0 saturated carbocycles. The zero-order valence-electron chi connectivity index (χ0n) is 19.9. The summed E-state index contributed by atoms with van der Waals surface area (Å²) in [6.07, 6.45) is -0.682. The minimum atomic E-state index is -4.80. The van der Waals surface area contributed by atoms with Gasteiger partial charge in [-0.1, -0.05) is 24.3 Å². The van der Waals surface area contributed by atoms with Gasteiger partial charge in [-0.25, -0.2) is 4.68 Å². The lowest BCUT2D eigenvalue weighted by Crippen LogP contribution is -2.40. The van der Waals surface area contributed by atoms with Crippen LogP contribution in [0.3, 0.4) is 0 Å². The molecule has 194 valence electrons. The number of alkyl halides is 3. The summed E-state index contributed by atoms with van der Waals surface area (Å²) in [5, 5.41) is 6.03. The fourth-order valence-electron chi connectivity index (χ4n) is 4.27. The number of piperidine rings is 1. The number of Topliss-reactive ketones (excluding diaryl/α,β-unsaturated/α-hetero) is 1. The summed E-state index contributed by atoms with van der Waals surface area (Å²) in [6, 6.07) is 13.4. The number of halogens is 3. The maximum Gasteiger partial charge on any atom is 0.435 e. The van der Waals surface area contributed by atoms with E-state index in [2.05, 4.69) is 15.4 Å². The van der Waals surface area contributed by atoms with E-state index in [1.165, 1.54) is 0 Å². The number of hydrogen-bond donors (Lipinski definition) is 1. The maximum atomic E-state index is 13.5. The van der Waals surface area contributed by atoms with E-state index in [-0.39, 0.29) is 37.0 Å². The highest BCUT2D eigenvalue weighted by Gasteiger charge is 2.39. The van der Waals surface area contributed by atoms with Gasteiger partial charge in [-0.15, -0.1) is 0 Å². The average Bonchev–Trinajstić information content (AvgIpc) is 3.38. The van der Waals surface area contributed by atoms with Gasteiger partial charge in [-0.2, -0.15) is 18.3 Å². The van der Waals surface area contributed by atoms with Gasteiger partial charge in [0.15, 0.2) is 11.5 Å². The smallest absolute Gasteiger partial charge is 0.352 e. The second kappa shape index (κ2) is 11.4. The van der Waals surface area contributed by atoms with E-state index in [1.54, 1.807) is 59.6 Å². The number of pyridine rings is 1. The van der Waals surface area contributed by atoms with Gasteiger partial charge in [0.25, 0.3) is 5.91 Å². The zero-order chi connectivity index (χ0) is 26.4. The Morgan fingerprint density at radius 3 is 2.35 bits per heavy atom. The molecule has 37 heavy (non-hydrogen) atoms. The highest BCUT2D eigenvalue weighted by atomic mass is 19.4. The molecule has 1 fully saturated rings. The fraction of sp³-hybridized carbons (Fsp3) is 0.346. The Morgan fingerprint density at radius 2 is 1.70 bits per heavy atom. The van der Waals surface area contributed by atoms with Gasteiger partial charge in [0.1, 0.15) is 5.69 Å². The van der Waals surface area contributed by atoms with Crippen LogP contribution in [-0.2, 0) is 11.0 Å². The Labute approximate surface area is 211 Å². The maximum absolute atomic E-state index is 13.5. The third kappa shape index (κ3) is 6.41. The van der Waals surface area contributed by atoms with Crippen LogP contribution in [0.15, 0.2) is 60.9 Å². The summed E-state index contributed by atoms with van der Waals surface area (Å²) in [4.78, 5) is 43.4. The molecule has 1 aliphatic rings. The molecule has 11 heteroatoms. The molecule has 1 aromatic carbocycles. The number of nitrogens with zero attached hydrogens (tertiary/aromatic N) is 4. The van der Waals surface area contributed by atoms with Crippen LogP contribution in [-0.4, -0.2) is 56.9 Å². The van der Waals surface area contributed by atoms with Crippen LogP contribution >= 0.6 is 0 Å². The predicted molar refractivity (Wildman–Crippen MR) is 128 cm³/mol. The number of carbonyl (C=O) groups excluding carboxylic acids is 3. The van der Waals surface area contributed by atoms with E-state index in [1.807, 2.05) is 0 Å². The van der Waals surface area contributed by atoms with Gasteiger partial charge in [0.05, 0.1) is 11.3 Å². The Balaban J connectivity index is 1.26. The molecule has 0 spiro atoms. The second-order valence-corrected chi connectivity index (χ2v) is 8.76. The molecule has 2 amide bonds. The highest BCUT2D eigenvalue weighted by molar-refractivity contribution is 5.96. The van der Waals surface area contributed by atoms with Crippen molar-refractivity contribution in [1.82, 2.24) is 25.0 Å². The van der Waals surface area contributed by atoms with Gasteiger partial charge in [-0.05, 0) is 43.5 Å². The molecule has 1 saturated heterocycles. The van der Waals surface area contributed by atoms with Gasteiger partial charge >= 0.3 is 6.18 Å². The Bertz CT molecular complexity index is 1240. The predicted octanol–water partition coefficient (Wildman–Crippen LogP) is 3.92. The first kappa shape index (κ1) is 26.1. The normalized spacial score (nSPS) is 14.4. The van der Waals surface area contributed by atoms with Crippen molar-refractivity contribution in [1.29, 1.82) is 0 Å². The number of amides is 2. The minimum Gasteiger partial charge on any atom is -0.352 e. The molecule has 0 radical (unpaired) electrons. The third-order valence-electron chi connectivity index (χ3n) is 6.24. The van der Waals surface area contributed by atoms with E-state index < -0.39 is 23.3 Å². The average molecular weight is 514 g/mol. The van der Waals surface area contributed by atoms with Crippen molar-refractivity contribution < 1.29 is 27.6 Å². The molecule has 3 aromatic rings.